The standard InChI is InChI=1S/C16H27N3O/c1-5-11-17-15-9-7-6-8-14(15)16(20)18-13(2)10-12-19(3)4/h6-9,13,17H,5,10-12H2,1-4H3,(H,18,20). The third kappa shape index (κ3) is 5.61. The number of nitrogens with one attached hydrogen (secondary N) is 2. The number of benzene rings is 1. The van der Waals surface area contributed by atoms with Gasteiger partial charge in [-0.2, -0.15) is 0 Å². The van der Waals surface area contributed by atoms with Gasteiger partial charge in [0.15, 0.2) is 0 Å². The molecule has 0 aliphatic heterocycles. The number of anilines is 1. The summed E-state index contributed by atoms with van der Waals surface area (Å²) in [4.78, 5) is 14.4. The molecule has 0 aliphatic rings. The molecular weight excluding hydrogens is 250 g/mol. The Morgan fingerprint density at radius 1 is 1.30 bits per heavy atom. The van der Waals surface area contributed by atoms with E-state index in [9.17, 15) is 4.79 Å². The lowest BCUT2D eigenvalue weighted by Gasteiger charge is -2.18. The van der Waals surface area contributed by atoms with Crippen molar-refractivity contribution in [2.45, 2.75) is 32.7 Å². The van der Waals surface area contributed by atoms with E-state index in [2.05, 4.69) is 22.5 Å². The van der Waals surface area contributed by atoms with Gasteiger partial charge in [0.25, 0.3) is 5.91 Å². The molecule has 112 valence electrons. The first-order chi connectivity index (χ1) is 9.54. The van der Waals surface area contributed by atoms with Crippen LogP contribution in [0.4, 0.5) is 5.69 Å². The normalized spacial score (nSPS) is 12.2. The van der Waals surface area contributed by atoms with E-state index in [4.69, 9.17) is 0 Å². The molecule has 0 aliphatic carbocycles. The van der Waals surface area contributed by atoms with Gasteiger partial charge in [-0.25, -0.2) is 0 Å². The molecular formula is C16H27N3O. The lowest BCUT2D eigenvalue weighted by molar-refractivity contribution is 0.0937. The molecule has 0 saturated carbocycles. The minimum Gasteiger partial charge on any atom is -0.384 e. The summed E-state index contributed by atoms with van der Waals surface area (Å²) in [6.07, 6.45) is 1.98. The lowest BCUT2D eigenvalue weighted by atomic mass is 10.1. The Balaban J connectivity index is 2.62. The number of carbonyl (C=O) groups is 1. The van der Waals surface area contributed by atoms with Crippen molar-refractivity contribution in [1.29, 1.82) is 0 Å². The van der Waals surface area contributed by atoms with Crippen molar-refractivity contribution >= 4 is 11.6 Å². The first kappa shape index (κ1) is 16.5. The fraction of sp³-hybridized carbons (Fsp3) is 0.562. The molecule has 2 N–H and O–H groups in total. The summed E-state index contributed by atoms with van der Waals surface area (Å²) in [5, 5.41) is 6.36. The molecule has 0 fully saturated rings. The topological polar surface area (TPSA) is 44.4 Å². The largest absolute Gasteiger partial charge is 0.384 e. The second-order valence-electron chi connectivity index (χ2n) is 5.44. The molecule has 4 nitrogen and oxygen atoms in total. The van der Waals surface area contributed by atoms with E-state index in [1.54, 1.807) is 0 Å². The van der Waals surface area contributed by atoms with E-state index in [0.717, 1.165) is 37.2 Å². The molecule has 20 heavy (non-hydrogen) atoms. The Bertz CT molecular complexity index is 418. The molecule has 0 radical (unpaired) electrons. The highest BCUT2D eigenvalue weighted by Gasteiger charge is 2.13. The van der Waals surface area contributed by atoms with Crippen molar-refractivity contribution in [3.63, 3.8) is 0 Å². The Labute approximate surface area is 122 Å². The van der Waals surface area contributed by atoms with E-state index in [1.165, 1.54) is 0 Å². The van der Waals surface area contributed by atoms with Crippen LogP contribution in [-0.4, -0.2) is 44.0 Å². The maximum Gasteiger partial charge on any atom is 0.253 e. The van der Waals surface area contributed by atoms with E-state index in [1.807, 2.05) is 45.3 Å². The number of hydrogen-bond acceptors (Lipinski definition) is 3. The first-order valence-corrected chi connectivity index (χ1v) is 7.33. The summed E-state index contributed by atoms with van der Waals surface area (Å²) in [6.45, 7) is 6.00. The average Bonchev–Trinajstić information content (AvgIpc) is 2.43. The highest BCUT2D eigenvalue weighted by Crippen LogP contribution is 2.15. The monoisotopic (exact) mass is 277 g/mol. The molecule has 1 amide bonds. The number of rotatable bonds is 8. The predicted octanol–water partition coefficient (Wildman–Crippen LogP) is 2.58. The van der Waals surface area contributed by atoms with Gasteiger partial charge in [-0.15, -0.1) is 0 Å². The second kappa shape index (κ2) is 8.59. The Hall–Kier alpha value is -1.55. The molecule has 1 aromatic rings. The summed E-state index contributed by atoms with van der Waals surface area (Å²) in [5.74, 6) is -0.00420. The maximum absolute atomic E-state index is 12.3. The molecule has 0 heterocycles. The summed E-state index contributed by atoms with van der Waals surface area (Å²) < 4.78 is 0. The lowest BCUT2D eigenvalue weighted by Crippen LogP contribution is -2.35. The van der Waals surface area contributed by atoms with Crippen LogP contribution in [0, 0.1) is 0 Å². The molecule has 1 unspecified atom stereocenters. The van der Waals surface area contributed by atoms with Crippen LogP contribution in [0.25, 0.3) is 0 Å². The zero-order chi connectivity index (χ0) is 15.0. The minimum atomic E-state index is -0.00420. The fourth-order valence-corrected chi connectivity index (χ4v) is 1.92. The minimum absolute atomic E-state index is 0.00420. The van der Waals surface area contributed by atoms with Gasteiger partial charge in [0.1, 0.15) is 0 Å². The van der Waals surface area contributed by atoms with Crippen molar-refractivity contribution in [2.75, 3.05) is 32.5 Å². The van der Waals surface area contributed by atoms with Crippen LogP contribution in [0.5, 0.6) is 0 Å². The van der Waals surface area contributed by atoms with E-state index in [0.29, 0.717) is 0 Å². The molecule has 1 atom stereocenters. The Kier molecular flexibility index (Phi) is 7.09. The van der Waals surface area contributed by atoms with E-state index < -0.39 is 0 Å². The summed E-state index contributed by atoms with van der Waals surface area (Å²) in [5.41, 5.74) is 1.63. The van der Waals surface area contributed by atoms with Crippen molar-refractivity contribution in [2.24, 2.45) is 0 Å². The van der Waals surface area contributed by atoms with Crippen LogP contribution in [0.2, 0.25) is 0 Å². The quantitative estimate of drug-likeness (QED) is 0.767. The SMILES string of the molecule is CCCNc1ccccc1C(=O)NC(C)CCN(C)C. The van der Waals surface area contributed by atoms with Gasteiger partial charge in [-0.3, -0.25) is 4.79 Å². The van der Waals surface area contributed by atoms with Gasteiger partial charge in [-0.05, 0) is 52.5 Å². The molecule has 0 bridgehead atoms. The first-order valence-electron chi connectivity index (χ1n) is 7.33. The summed E-state index contributed by atoms with van der Waals surface area (Å²) in [6, 6.07) is 7.84. The highest BCUT2D eigenvalue weighted by atomic mass is 16.1. The third-order valence-corrected chi connectivity index (χ3v) is 3.12. The molecule has 1 rings (SSSR count). The summed E-state index contributed by atoms with van der Waals surface area (Å²) >= 11 is 0. The number of hydrogen-bond donors (Lipinski definition) is 2. The predicted molar refractivity (Wildman–Crippen MR) is 85.3 cm³/mol. The van der Waals surface area contributed by atoms with Crippen molar-refractivity contribution in [3.05, 3.63) is 29.8 Å². The van der Waals surface area contributed by atoms with Gasteiger partial charge < -0.3 is 15.5 Å². The van der Waals surface area contributed by atoms with Gasteiger partial charge in [-0.1, -0.05) is 19.1 Å². The highest BCUT2D eigenvalue weighted by molar-refractivity contribution is 5.99. The fourth-order valence-electron chi connectivity index (χ4n) is 1.92. The Morgan fingerprint density at radius 3 is 2.65 bits per heavy atom. The summed E-state index contributed by atoms with van der Waals surface area (Å²) in [7, 11) is 4.08. The third-order valence-electron chi connectivity index (χ3n) is 3.12. The van der Waals surface area contributed by atoms with Crippen LogP contribution in [0.15, 0.2) is 24.3 Å². The number of nitrogens with zero attached hydrogens (tertiary/aromatic N) is 1. The zero-order valence-electron chi connectivity index (χ0n) is 13.1. The van der Waals surface area contributed by atoms with Crippen molar-refractivity contribution in [3.8, 4) is 0 Å². The van der Waals surface area contributed by atoms with E-state index >= 15 is 0 Å². The van der Waals surface area contributed by atoms with Gasteiger partial charge in [0, 0.05) is 18.3 Å². The van der Waals surface area contributed by atoms with E-state index in [-0.39, 0.29) is 11.9 Å². The molecule has 0 saturated heterocycles. The van der Waals surface area contributed by atoms with Crippen LogP contribution in [-0.2, 0) is 0 Å². The molecule has 0 aromatic heterocycles. The zero-order valence-corrected chi connectivity index (χ0v) is 13.1. The van der Waals surface area contributed by atoms with Crippen LogP contribution < -0.4 is 10.6 Å². The number of amides is 1. The average molecular weight is 277 g/mol. The number of para-hydroxylation sites is 1. The van der Waals surface area contributed by atoms with Crippen molar-refractivity contribution in [1.82, 2.24) is 10.2 Å². The van der Waals surface area contributed by atoms with Gasteiger partial charge >= 0.3 is 0 Å². The van der Waals surface area contributed by atoms with Crippen LogP contribution in [0.3, 0.4) is 0 Å². The maximum atomic E-state index is 12.3. The van der Waals surface area contributed by atoms with Gasteiger partial charge in [0.2, 0.25) is 0 Å². The van der Waals surface area contributed by atoms with Crippen LogP contribution >= 0.6 is 0 Å². The molecule has 4 heteroatoms. The van der Waals surface area contributed by atoms with Crippen molar-refractivity contribution < 1.29 is 4.79 Å². The molecule has 0 spiro atoms. The Morgan fingerprint density at radius 2 is 2.00 bits per heavy atom. The second-order valence-corrected chi connectivity index (χ2v) is 5.44. The number of carbonyl (C=O) groups excluding carboxylic acids is 1. The van der Waals surface area contributed by atoms with Gasteiger partial charge in [0.05, 0.1) is 5.56 Å². The molecule has 1 aromatic carbocycles. The van der Waals surface area contributed by atoms with Crippen LogP contribution in [0.1, 0.15) is 37.0 Å². The smallest absolute Gasteiger partial charge is 0.253 e.